The lowest BCUT2D eigenvalue weighted by atomic mass is 9.98. The highest BCUT2D eigenvalue weighted by Crippen LogP contribution is 2.31. The molecule has 5 rings (SSSR count). The summed E-state index contributed by atoms with van der Waals surface area (Å²) in [6.07, 6.45) is 0.243. The van der Waals surface area contributed by atoms with Crippen molar-refractivity contribution in [2.45, 2.75) is 19.0 Å². The van der Waals surface area contributed by atoms with E-state index < -0.39 is 11.7 Å². The molecule has 4 heterocycles. The van der Waals surface area contributed by atoms with Gasteiger partial charge < -0.3 is 10.6 Å². The van der Waals surface area contributed by atoms with Crippen LogP contribution in [0.1, 0.15) is 28.0 Å². The Bertz CT molecular complexity index is 1360. The molecule has 0 aliphatic carbocycles. The molecule has 1 aliphatic rings. The first-order valence-electron chi connectivity index (χ1n) is 10.5. The van der Waals surface area contributed by atoms with Crippen molar-refractivity contribution in [1.82, 2.24) is 24.6 Å². The molecule has 0 spiro atoms. The van der Waals surface area contributed by atoms with Crippen LogP contribution in [-0.2, 0) is 19.6 Å². The topological polar surface area (TPSA) is 89.9 Å². The van der Waals surface area contributed by atoms with Gasteiger partial charge in [0.05, 0.1) is 34.4 Å². The number of amides is 1. The number of pyridine rings is 2. The summed E-state index contributed by atoms with van der Waals surface area (Å²) in [4.78, 5) is 23.6. The van der Waals surface area contributed by atoms with Crippen LogP contribution in [0.25, 0.3) is 21.8 Å². The Kier molecular flexibility index (Phi) is 4.95. The number of hydrogen-bond acceptors (Lipinski definition) is 5. The third kappa shape index (κ3) is 3.85. The molecule has 1 aromatic carbocycles. The summed E-state index contributed by atoms with van der Waals surface area (Å²) >= 11 is 0. The predicted octanol–water partition coefficient (Wildman–Crippen LogP) is 3.82. The number of hydrogen-bond donors (Lipinski definition) is 1. The molecule has 1 amide bonds. The highest BCUT2D eigenvalue weighted by atomic mass is 19.4. The molecule has 0 radical (unpaired) electrons. The van der Waals surface area contributed by atoms with Crippen molar-refractivity contribution >= 4 is 33.5 Å². The van der Waals surface area contributed by atoms with Crippen molar-refractivity contribution in [2.75, 3.05) is 18.8 Å². The Hall–Kier alpha value is -3.69. The van der Waals surface area contributed by atoms with Gasteiger partial charge in [-0.15, -0.1) is 0 Å². The second-order valence-corrected chi connectivity index (χ2v) is 8.42. The summed E-state index contributed by atoms with van der Waals surface area (Å²) in [5.41, 5.74) is 7.87. The number of halogens is 3. The van der Waals surface area contributed by atoms with E-state index in [2.05, 4.69) is 15.1 Å². The van der Waals surface area contributed by atoms with E-state index in [0.29, 0.717) is 41.9 Å². The highest BCUT2D eigenvalue weighted by Gasteiger charge is 2.31. The monoisotopic (exact) mass is 454 g/mol. The van der Waals surface area contributed by atoms with E-state index in [4.69, 9.17) is 5.73 Å². The molecule has 1 aliphatic heterocycles. The van der Waals surface area contributed by atoms with Crippen LogP contribution >= 0.6 is 0 Å². The first-order valence-corrected chi connectivity index (χ1v) is 10.5. The second kappa shape index (κ2) is 7.72. The van der Waals surface area contributed by atoms with E-state index in [1.807, 2.05) is 0 Å². The molecule has 4 aromatic rings. The van der Waals surface area contributed by atoms with Gasteiger partial charge in [0, 0.05) is 25.5 Å². The molecule has 0 bridgehead atoms. The lowest BCUT2D eigenvalue weighted by Crippen LogP contribution is -2.29. The minimum Gasteiger partial charge on any atom is -0.383 e. The number of anilines is 1. The minimum atomic E-state index is -4.34. The van der Waals surface area contributed by atoms with Gasteiger partial charge >= 0.3 is 6.18 Å². The molecule has 0 saturated carbocycles. The molecule has 3 aromatic heterocycles. The number of aryl methyl sites for hydroxylation is 1. The third-order valence-electron chi connectivity index (χ3n) is 6.19. The third-order valence-corrected chi connectivity index (χ3v) is 6.19. The first-order chi connectivity index (χ1) is 15.7. The number of likely N-dealkylation sites (tertiary alicyclic amines) is 1. The summed E-state index contributed by atoms with van der Waals surface area (Å²) in [5.74, 6) is 0.354. The van der Waals surface area contributed by atoms with E-state index in [9.17, 15) is 18.0 Å². The number of nitrogen functional groups attached to an aromatic ring is 1. The van der Waals surface area contributed by atoms with Crippen LogP contribution in [0.4, 0.5) is 19.0 Å². The van der Waals surface area contributed by atoms with Crippen molar-refractivity contribution < 1.29 is 18.0 Å². The van der Waals surface area contributed by atoms with E-state index in [0.717, 1.165) is 35.0 Å². The average molecular weight is 454 g/mol. The lowest BCUT2D eigenvalue weighted by molar-refractivity contribution is -0.137. The van der Waals surface area contributed by atoms with E-state index >= 15 is 0 Å². The summed E-state index contributed by atoms with van der Waals surface area (Å²) in [6.45, 7) is 1.10. The van der Waals surface area contributed by atoms with Crippen molar-refractivity contribution in [2.24, 2.45) is 13.0 Å². The number of carbonyl (C=O) groups excluding carboxylic acids is 1. The number of nitrogens with zero attached hydrogens (tertiary/aromatic N) is 5. The number of aromatic nitrogens is 4. The number of carbonyl (C=O) groups is 1. The number of benzene rings is 1. The van der Waals surface area contributed by atoms with Gasteiger partial charge in [0.2, 0.25) is 0 Å². The average Bonchev–Trinajstić information content (AvgIpc) is 3.40. The maximum Gasteiger partial charge on any atom is 0.416 e. The highest BCUT2D eigenvalue weighted by molar-refractivity contribution is 6.09. The number of rotatable bonds is 3. The zero-order valence-electron chi connectivity index (χ0n) is 17.8. The van der Waals surface area contributed by atoms with Crippen molar-refractivity contribution in [1.29, 1.82) is 0 Å². The fraction of sp³-hybridized carbons (Fsp3) is 0.304. The summed E-state index contributed by atoms with van der Waals surface area (Å²) in [7, 11) is 1.80. The van der Waals surface area contributed by atoms with E-state index in [-0.39, 0.29) is 11.8 Å². The fourth-order valence-electron chi connectivity index (χ4n) is 4.49. The van der Waals surface area contributed by atoms with Crippen molar-refractivity contribution in [3.63, 3.8) is 0 Å². The number of alkyl halides is 3. The summed E-state index contributed by atoms with van der Waals surface area (Å²) in [6, 6.07) is 6.95. The molecule has 0 unspecified atom stereocenters. The Labute approximate surface area is 187 Å². The maximum absolute atomic E-state index is 13.1. The molecule has 1 fully saturated rings. The zero-order valence-corrected chi connectivity index (χ0v) is 17.8. The normalized spacial score (nSPS) is 16.7. The fourth-order valence-corrected chi connectivity index (χ4v) is 4.49. The van der Waals surface area contributed by atoms with Gasteiger partial charge in [0.15, 0.2) is 0 Å². The maximum atomic E-state index is 13.1. The van der Waals surface area contributed by atoms with Crippen molar-refractivity contribution in [3.8, 4) is 0 Å². The standard InChI is InChI=1S/C23H21F3N6O/c1-31-20-16-9-18(28-11-19(16)30-21(27)17(20)10-29-31)22(33)32-7-6-14(12-32)8-13-2-4-15(5-3-13)23(24,25)26/h2-5,9-11,14H,6-8,12H2,1H3,(H2,27,30)/t14-/m1/s1. The van der Waals surface area contributed by atoms with Crippen LogP contribution < -0.4 is 5.73 Å². The van der Waals surface area contributed by atoms with Gasteiger partial charge in [-0.2, -0.15) is 18.3 Å². The Morgan fingerprint density at radius 2 is 1.94 bits per heavy atom. The van der Waals surface area contributed by atoms with Crippen LogP contribution in [0.15, 0.2) is 42.7 Å². The van der Waals surface area contributed by atoms with E-state index in [1.54, 1.807) is 35.1 Å². The second-order valence-electron chi connectivity index (χ2n) is 8.42. The molecule has 7 nitrogen and oxygen atoms in total. The molecule has 33 heavy (non-hydrogen) atoms. The van der Waals surface area contributed by atoms with Crippen LogP contribution in [-0.4, -0.2) is 43.6 Å². The molecule has 1 atom stereocenters. The smallest absolute Gasteiger partial charge is 0.383 e. The Morgan fingerprint density at radius 1 is 1.18 bits per heavy atom. The van der Waals surface area contributed by atoms with Gasteiger partial charge in [0.25, 0.3) is 5.91 Å². The lowest BCUT2D eigenvalue weighted by Gasteiger charge is -2.17. The van der Waals surface area contributed by atoms with Crippen LogP contribution in [0.3, 0.4) is 0 Å². The van der Waals surface area contributed by atoms with Crippen LogP contribution in [0, 0.1) is 5.92 Å². The number of nitrogens with two attached hydrogens (primary N) is 1. The molecular formula is C23H21F3N6O. The Morgan fingerprint density at radius 3 is 2.67 bits per heavy atom. The van der Waals surface area contributed by atoms with Gasteiger partial charge in [-0.25, -0.2) is 9.97 Å². The SMILES string of the molecule is Cn1ncc2c(N)nc3cnc(C(=O)N4CC[C@H](Cc5ccc(C(F)(F)F)cc5)C4)cc3c21. The Balaban J connectivity index is 1.33. The molecular weight excluding hydrogens is 433 g/mol. The number of fused-ring (bicyclic) bond motifs is 3. The largest absolute Gasteiger partial charge is 0.416 e. The molecule has 10 heteroatoms. The van der Waals surface area contributed by atoms with Gasteiger partial charge in [0.1, 0.15) is 11.5 Å². The minimum absolute atomic E-state index is 0.177. The van der Waals surface area contributed by atoms with Gasteiger partial charge in [-0.05, 0) is 42.5 Å². The quantitative estimate of drug-likeness (QED) is 0.508. The zero-order chi connectivity index (χ0) is 23.3. The van der Waals surface area contributed by atoms with Gasteiger partial charge in [-0.1, -0.05) is 12.1 Å². The van der Waals surface area contributed by atoms with Crippen LogP contribution in [0.5, 0.6) is 0 Å². The first kappa shape index (κ1) is 21.2. The van der Waals surface area contributed by atoms with Gasteiger partial charge in [-0.3, -0.25) is 9.48 Å². The summed E-state index contributed by atoms with van der Waals surface area (Å²) < 4.78 is 40.0. The molecule has 1 saturated heterocycles. The molecule has 2 N–H and O–H groups in total. The van der Waals surface area contributed by atoms with E-state index in [1.165, 1.54) is 12.1 Å². The van der Waals surface area contributed by atoms with Crippen molar-refractivity contribution in [3.05, 3.63) is 59.5 Å². The molecule has 170 valence electrons. The predicted molar refractivity (Wildman–Crippen MR) is 117 cm³/mol. The van der Waals surface area contributed by atoms with Crippen LogP contribution in [0.2, 0.25) is 0 Å². The summed E-state index contributed by atoms with van der Waals surface area (Å²) in [5, 5.41) is 5.71.